The van der Waals surface area contributed by atoms with Gasteiger partial charge in [0.1, 0.15) is 5.75 Å². The number of fused-ring (bicyclic) bond motifs is 1. The van der Waals surface area contributed by atoms with Crippen LogP contribution in [0.15, 0.2) is 36.7 Å². The second kappa shape index (κ2) is 5.88. The molecule has 0 saturated heterocycles. The summed E-state index contributed by atoms with van der Waals surface area (Å²) in [4.78, 5) is 23.5. The standard InChI is InChI=1S/C15H16N4O3/c1-10(8-19-6-2-5-16-19)17-15(21)11-3-4-12-13(7-11)22-9-14(20)18-12/h2-7,10H,8-9H2,1H3,(H,17,21)(H,18,20). The molecule has 0 radical (unpaired) electrons. The van der Waals surface area contributed by atoms with E-state index in [1.807, 2.05) is 19.2 Å². The van der Waals surface area contributed by atoms with Crippen molar-refractivity contribution in [3.05, 3.63) is 42.2 Å². The van der Waals surface area contributed by atoms with Crippen molar-refractivity contribution in [3.63, 3.8) is 0 Å². The largest absolute Gasteiger partial charge is 0.482 e. The van der Waals surface area contributed by atoms with Gasteiger partial charge in [-0.3, -0.25) is 14.3 Å². The Morgan fingerprint density at radius 2 is 2.41 bits per heavy atom. The van der Waals surface area contributed by atoms with E-state index in [9.17, 15) is 9.59 Å². The monoisotopic (exact) mass is 300 g/mol. The van der Waals surface area contributed by atoms with Crippen LogP contribution in [0.3, 0.4) is 0 Å². The van der Waals surface area contributed by atoms with Gasteiger partial charge in [0.05, 0.1) is 12.2 Å². The number of hydrogen-bond donors (Lipinski definition) is 2. The summed E-state index contributed by atoms with van der Waals surface area (Å²) in [7, 11) is 0. The summed E-state index contributed by atoms with van der Waals surface area (Å²) in [5, 5.41) is 9.70. The van der Waals surface area contributed by atoms with Crippen molar-refractivity contribution >= 4 is 17.5 Å². The van der Waals surface area contributed by atoms with Gasteiger partial charge in [-0.2, -0.15) is 5.10 Å². The first-order valence-electron chi connectivity index (χ1n) is 6.97. The summed E-state index contributed by atoms with van der Waals surface area (Å²) in [6.07, 6.45) is 3.54. The van der Waals surface area contributed by atoms with Crippen molar-refractivity contribution in [1.82, 2.24) is 15.1 Å². The Bertz CT molecular complexity index is 697. The number of hydrogen-bond acceptors (Lipinski definition) is 4. The molecule has 3 rings (SSSR count). The number of aromatic nitrogens is 2. The summed E-state index contributed by atoms with van der Waals surface area (Å²) < 4.78 is 7.07. The van der Waals surface area contributed by atoms with E-state index in [4.69, 9.17) is 4.74 Å². The number of carbonyl (C=O) groups is 2. The fourth-order valence-corrected chi connectivity index (χ4v) is 2.26. The molecule has 2 N–H and O–H groups in total. The third kappa shape index (κ3) is 3.08. The minimum absolute atomic E-state index is 0.0340. The third-order valence-corrected chi connectivity index (χ3v) is 3.27. The molecule has 1 aliphatic rings. The molecule has 1 unspecified atom stereocenters. The van der Waals surface area contributed by atoms with Crippen LogP contribution in [0.1, 0.15) is 17.3 Å². The van der Waals surface area contributed by atoms with Crippen LogP contribution < -0.4 is 15.4 Å². The molecule has 1 aromatic carbocycles. The van der Waals surface area contributed by atoms with Crippen molar-refractivity contribution < 1.29 is 14.3 Å². The summed E-state index contributed by atoms with van der Waals surface area (Å²) in [6, 6.07) is 6.72. The van der Waals surface area contributed by atoms with Crippen molar-refractivity contribution in [2.45, 2.75) is 19.5 Å². The minimum atomic E-state index is -0.197. The lowest BCUT2D eigenvalue weighted by molar-refractivity contribution is -0.118. The Morgan fingerprint density at radius 1 is 1.55 bits per heavy atom. The average molecular weight is 300 g/mol. The molecule has 22 heavy (non-hydrogen) atoms. The Hall–Kier alpha value is -2.83. The summed E-state index contributed by atoms with van der Waals surface area (Å²) >= 11 is 0. The predicted molar refractivity (Wildman–Crippen MR) is 79.7 cm³/mol. The van der Waals surface area contributed by atoms with Crippen LogP contribution in [0.5, 0.6) is 5.75 Å². The number of ether oxygens (including phenoxy) is 1. The Kier molecular flexibility index (Phi) is 3.78. The van der Waals surface area contributed by atoms with Crippen molar-refractivity contribution in [2.75, 3.05) is 11.9 Å². The molecular weight excluding hydrogens is 284 g/mol. The molecule has 7 heteroatoms. The minimum Gasteiger partial charge on any atom is -0.482 e. The molecule has 0 fully saturated rings. The fraction of sp³-hybridized carbons (Fsp3) is 0.267. The van der Waals surface area contributed by atoms with Crippen LogP contribution in [-0.2, 0) is 11.3 Å². The molecule has 114 valence electrons. The second-order valence-corrected chi connectivity index (χ2v) is 5.15. The molecule has 1 atom stereocenters. The Labute approximate surface area is 127 Å². The normalized spacial score (nSPS) is 14.5. The number of benzene rings is 1. The van der Waals surface area contributed by atoms with Gasteiger partial charge in [-0.15, -0.1) is 0 Å². The van der Waals surface area contributed by atoms with Crippen LogP contribution in [-0.4, -0.2) is 34.2 Å². The molecule has 2 amide bonds. The van der Waals surface area contributed by atoms with E-state index < -0.39 is 0 Å². The van der Waals surface area contributed by atoms with Gasteiger partial charge in [0.25, 0.3) is 11.8 Å². The first-order valence-corrected chi connectivity index (χ1v) is 6.97. The van der Waals surface area contributed by atoms with Gasteiger partial charge in [-0.25, -0.2) is 0 Å². The Balaban J connectivity index is 1.66. The van der Waals surface area contributed by atoms with Crippen molar-refractivity contribution in [2.24, 2.45) is 0 Å². The van der Waals surface area contributed by atoms with Crippen LogP contribution >= 0.6 is 0 Å². The van der Waals surface area contributed by atoms with E-state index in [1.54, 1.807) is 29.1 Å². The number of anilines is 1. The molecule has 1 aromatic heterocycles. The lowest BCUT2D eigenvalue weighted by Gasteiger charge is -2.19. The number of carbonyl (C=O) groups excluding carboxylic acids is 2. The molecule has 7 nitrogen and oxygen atoms in total. The number of nitrogens with one attached hydrogen (secondary N) is 2. The smallest absolute Gasteiger partial charge is 0.262 e. The number of amides is 2. The third-order valence-electron chi connectivity index (χ3n) is 3.27. The van der Waals surface area contributed by atoms with E-state index >= 15 is 0 Å². The fourth-order valence-electron chi connectivity index (χ4n) is 2.26. The van der Waals surface area contributed by atoms with Gasteiger partial charge in [-0.1, -0.05) is 0 Å². The molecule has 2 aromatic rings. The quantitative estimate of drug-likeness (QED) is 0.883. The van der Waals surface area contributed by atoms with E-state index in [1.165, 1.54) is 0 Å². The summed E-state index contributed by atoms with van der Waals surface area (Å²) in [5.41, 5.74) is 1.07. The maximum atomic E-state index is 12.3. The van der Waals surface area contributed by atoms with E-state index in [2.05, 4.69) is 15.7 Å². The molecule has 0 spiro atoms. The van der Waals surface area contributed by atoms with Gasteiger partial charge < -0.3 is 15.4 Å². The van der Waals surface area contributed by atoms with Crippen LogP contribution in [0, 0.1) is 0 Å². The maximum Gasteiger partial charge on any atom is 0.262 e. The molecule has 0 saturated carbocycles. The highest BCUT2D eigenvalue weighted by Crippen LogP contribution is 2.28. The second-order valence-electron chi connectivity index (χ2n) is 5.15. The average Bonchev–Trinajstić information content (AvgIpc) is 2.99. The molecular formula is C15H16N4O3. The zero-order chi connectivity index (χ0) is 15.5. The van der Waals surface area contributed by atoms with Crippen LogP contribution in [0.2, 0.25) is 0 Å². The van der Waals surface area contributed by atoms with Crippen LogP contribution in [0.25, 0.3) is 0 Å². The lowest BCUT2D eigenvalue weighted by Crippen LogP contribution is -2.36. The predicted octanol–water partition coefficient (Wildman–Crippen LogP) is 1.03. The molecule has 1 aliphatic heterocycles. The first-order chi connectivity index (χ1) is 10.6. The van der Waals surface area contributed by atoms with Crippen LogP contribution in [0.4, 0.5) is 5.69 Å². The number of rotatable bonds is 4. The van der Waals surface area contributed by atoms with Crippen molar-refractivity contribution in [3.8, 4) is 5.75 Å². The molecule has 0 bridgehead atoms. The van der Waals surface area contributed by atoms with E-state index in [0.29, 0.717) is 23.5 Å². The van der Waals surface area contributed by atoms with Gasteiger partial charge in [-0.05, 0) is 31.2 Å². The molecule has 0 aliphatic carbocycles. The highest BCUT2D eigenvalue weighted by Gasteiger charge is 2.18. The zero-order valence-corrected chi connectivity index (χ0v) is 12.1. The summed E-state index contributed by atoms with van der Waals surface area (Å²) in [6.45, 7) is 2.47. The summed E-state index contributed by atoms with van der Waals surface area (Å²) in [5.74, 6) is 0.118. The van der Waals surface area contributed by atoms with Crippen molar-refractivity contribution in [1.29, 1.82) is 0 Å². The highest BCUT2D eigenvalue weighted by molar-refractivity contribution is 5.99. The number of nitrogens with zero attached hydrogens (tertiary/aromatic N) is 2. The lowest BCUT2D eigenvalue weighted by atomic mass is 10.1. The molecule has 2 heterocycles. The van der Waals surface area contributed by atoms with Gasteiger partial charge >= 0.3 is 0 Å². The van der Waals surface area contributed by atoms with E-state index in [-0.39, 0.29) is 24.5 Å². The maximum absolute atomic E-state index is 12.3. The van der Waals surface area contributed by atoms with Gasteiger partial charge in [0, 0.05) is 24.0 Å². The topological polar surface area (TPSA) is 85.2 Å². The zero-order valence-electron chi connectivity index (χ0n) is 12.1. The highest BCUT2D eigenvalue weighted by atomic mass is 16.5. The van der Waals surface area contributed by atoms with Gasteiger partial charge in [0.2, 0.25) is 0 Å². The Morgan fingerprint density at radius 3 is 3.18 bits per heavy atom. The SMILES string of the molecule is CC(Cn1cccn1)NC(=O)c1ccc2c(c1)OCC(=O)N2. The van der Waals surface area contributed by atoms with E-state index in [0.717, 1.165) is 0 Å². The van der Waals surface area contributed by atoms with Gasteiger partial charge in [0.15, 0.2) is 6.61 Å². The first kappa shape index (κ1) is 14.1.